The number of sulfonamides is 1. The van der Waals surface area contributed by atoms with E-state index in [1.165, 1.54) is 6.07 Å². The number of fused-ring (bicyclic) bond motifs is 1. The maximum atomic E-state index is 12.7. The highest BCUT2D eigenvalue weighted by atomic mass is 32.2. The summed E-state index contributed by atoms with van der Waals surface area (Å²) in [5.74, 6) is -0.100. The number of benzene rings is 2. The summed E-state index contributed by atoms with van der Waals surface area (Å²) in [4.78, 5) is 12.9. The second-order valence-electron chi connectivity index (χ2n) is 6.00. The van der Waals surface area contributed by atoms with Crippen LogP contribution in [0.4, 0.5) is 11.4 Å². The van der Waals surface area contributed by atoms with Crippen LogP contribution in [0.1, 0.15) is 25.8 Å². The molecule has 3 rings (SSSR count). The molecule has 2 aromatic carbocycles. The summed E-state index contributed by atoms with van der Waals surface area (Å²) in [5, 5.41) is 2.95. The van der Waals surface area contributed by atoms with Crippen LogP contribution in [-0.2, 0) is 21.2 Å². The van der Waals surface area contributed by atoms with Gasteiger partial charge in [-0.2, -0.15) is 0 Å². The number of carbonyl (C=O) groups excluding carboxylic acids is 1. The van der Waals surface area contributed by atoms with E-state index in [9.17, 15) is 13.2 Å². The van der Waals surface area contributed by atoms with Gasteiger partial charge in [-0.3, -0.25) is 9.52 Å². The molecule has 1 aliphatic heterocycles. The number of aryl methyl sites for hydroxylation is 1. The first-order valence-corrected chi connectivity index (χ1v) is 10.5. The molecule has 7 heteroatoms. The van der Waals surface area contributed by atoms with Crippen LogP contribution >= 0.6 is 11.8 Å². The summed E-state index contributed by atoms with van der Waals surface area (Å²) in [6.45, 7) is 3.99. The zero-order valence-corrected chi connectivity index (χ0v) is 15.7. The summed E-state index contributed by atoms with van der Waals surface area (Å²) >= 11 is 1.57. The van der Waals surface area contributed by atoms with Gasteiger partial charge in [0.15, 0.2) is 0 Å². The molecular formula is C18H20N2O3S2. The minimum atomic E-state index is -3.73. The summed E-state index contributed by atoms with van der Waals surface area (Å²) in [5.41, 5.74) is 2.13. The van der Waals surface area contributed by atoms with Crippen LogP contribution < -0.4 is 10.0 Å². The number of amides is 1. The molecule has 5 nitrogen and oxygen atoms in total. The first-order valence-electron chi connectivity index (χ1n) is 8.09. The van der Waals surface area contributed by atoms with Crippen LogP contribution in [0.3, 0.4) is 0 Å². The first-order chi connectivity index (χ1) is 11.9. The monoisotopic (exact) mass is 376 g/mol. The number of carbonyl (C=O) groups is 1. The third-order valence-corrected chi connectivity index (χ3v) is 6.48. The van der Waals surface area contributed by atoms with Gasteiger partial charge < -0.3 is 5.32 Å². The van der Waals surface area contributed by atoms with Gasteiger partial charge in [-0.15, -0.1) is 11.8 Å². The minimum Gasteiger partial charge on any atom is -0.325 e. The number of hydrogen-bond donors (Lipinski definition) is 2. The Kier molecular flexibility index (Phi) is 5.06. The lowest BCUT2D eigenvalue weighted by Crippen LogP contribution is -2.15. The molecule has 2 N–H and O–H groups in total. The molecule has 25 heavy (non-hydrogen) atoms. The lowest BCUT2D eigenvalue weighted by molar-refractivity contribution is -0.116. The second-order valence-corrected chi connectivity index (χ2v) is 9.16. The van der Waals surface area contributed by atoms with Crippen molar-refractivity contribution in [3.63, 3.8) is 0 Å². The van der Waals surface area contributed by atoms with Gasteiger partial charge in [-0.1, -0.05) is 26.0 Å². The molecule has 0 aliphatic carbocycles. The van der Waals surface area contributed by atoms with E-state index in [2.05, 4.69) is 10.0 Å². The SMILES string of the molecule is CCc1cccc(NS(=O)(=O)c2ccc3c(c2)NC(=O)C[C@@H](C)S3)c1. The molecule has 1 amide bonds. The third-order valence-electron chi connectivity index (χ3n) is 3.92. The number of hydrogen-bond acceptors (Lipinski definition) is 4. The highest BCUT2D eigenvalue weighted by molar-refractivity contribution is 8.00. The van der Waals surface area contributed by atoms with E-state index in [0.29, 0.717) is 17.8 Å². The van der Waals surface area contributed by atoms with Crippen LogP contribution in [-0.4, -0.2) is 19.6 Å². The Morgan fingerprint density at radius 1 is 1.24 bits per heavy atom. The smallest absolute Gasteiger partial charge is 0.261 e. The molecule has 0 bridgehead atoms. The molecule has 0 saturated heterocycles. The van der Waals surface area contributed by atoms with Crippen LogP contribution in [0.5, 0.6) is 0 Å². The number of thioether (sulfide) groups is 1. The molecule has 1 atom stereocenters. The lowest BCUT2D eigenvalue weighted by atomic mass is 10.1. The van der Waals surface area contributed by atoms with Gasteiger partial charge in [0, 0.05) is 22.3 Å². The highest BCUT2D eigenvalue weighted by Gasteiger charge is 2.22. The fourth-order valence-electron chi connectivity index (χ4n) is 2.67. The van der Waals surface area contributed by atoms with Gasteiger partial charge >= 0.3 is 0 Å². The summed E-state index contributed by atoms with van der Waals surface area (Å²) < 4.78 is 28.0. The van der Waals surface area contributed by atoms with Crippen LogP contribution in [0.15, 0.2) is 52.3 Å². The maximum Gasteiger partial charge on any atom is 0.261 e. The van der Waals surface area contributed by atoms with Crippen LogP contribution in [0.25, 0.3) is 0 Å². The van der Waals surface area contributed by atoms with E-state index in [4.69, 9.17) is 0 Å². The first kappa shape index (κ1) is 17.8. The summed E-state index contributed by atoms with van der Waals surface area (Å²) in [7, 11) is -3.73. The predicted molar refractivity (Wildman–Crippen MR) is 102 cm³/mol. The third kappa shape index (κ3) is 4.16. The van der Waals surface area contributed by atoms with Crippen molar-refractivity contribution >= 4 is 39.1 Å². The Balaban J connectivity index is 1.91. The molecule has 0 aromatic heterocycles. The van der Waals surface area contributed by atoms with Crippen molar-refractivity contribution in [1.29, 1.82) is 0 Å². The van der Waals surface area contributed by atoms with E-state index < -0.39 is 10.0 Å². The average Bonchev–Trinajstić information content (AvgIpc) is 2.70. The predicted octanol–water partition coefficient (Wildman–Crippen LogP) is 3.87. The topological polar surface area (TPSA) is 75.3 Å². The number of nitrogens with one attached hydrogen (secondary N) is 2. The van der Waals surface area contributed by atoms with E-state index in [1.807, 2.05) is 32.0 Å². The van der Waals surface area contributed by atoms with Crippen molar-refractivity contribution in [3.05, 3.63) is 48.0 Å². The molecule has 0 radical (unpaired) electrons. The van der Waals surface area contributed by atoms with Crippen molar-refractivity contribution in [1.82, 2.24) is 0 Å². The van der Waals surface area contributed by atoms with Gasteiger partial charge in [-0.05, 0) is 42.3 Å². The van der Waals surface area contributed by atoms with Gasteiger partial charge in [0.05, 0.1) is 10.6 Å². The van der Waals surface area contributed by atoms with Crippen LogP contribution in [0, 0.1) is 0 Å². The lowest BCUT2D eigenvalue weighted by Gasteiger charge is -2.12. The Bertz CT molecular complexity index is 910. The number of anilines is 2. The maximum absolute atomic E-state index is 12.7. The van der Waals surface area contributed by atoms with Gasteiger partial charge in [0.25, 0.3) is 10.0 Å². The second kappa shape index (κ2) is 7.09. The molecule has 2 aromatic rings. The molecule has 0 unspecified atom stereocenters. The molecule has 1 heterocycles. The van der Waals surface area contributed by atoms with Crippen molar-refractivity contribution < 1.29 is 13.2 Å². The van der Waals surface area contributed by atoms with E-state index in [1.54, 1.807) is 30.0 Å². The Labute approximate surface area is 152 Å². The fraction of sp³-hybridized carbons (Fsp3) is 0.278. The Hall–Kier alpha value is -1.99. The molecule has 0 fully saturated rings. The van der Waals surface area contributed by atoms with Crippen molar-refractivity contribution in [2.45, 2.75) is 41.7 Å². The quantitative estimate of drug-likeness (QED) is 0.849. The van der Waals surface area contributed by atoms with Crippen molar-refractivity contribution in [2.75, 3.05) is 10.0 Å². The normalized spacial score (nSPS) is 17.4. The standard InChI is InChI=1S/C18H20N2O3S2/c1-3-13-5-4-6-14(10-13)20-25(22,23)15-7-8-17-16(11-15)19-18(21)9-12(2)24-17/h4-8,10-12,20H,3,9H2,1-2H3,(H,19,21)/t12-/m1/s1. The van der Waals surface area contributed by atoms with E-state index >= 15 is 0 Å². The summed E-state index contributed by atoms with van der Waals surface area (Å²) in [6, 6.07) is 12.2. The number of rotatable bonds is 4. The van der Waals surface area contributed by atoms with Gasteiger partial charge in [-0.25, -0.2) is 8.42 Å². The van der Waals surface area contributed by atoms with E-state index in [-0.39, 0.29) is 16.1 Å². The minimum absolute atomic E-state index is 0.100. The Morgan fingerprint density at radius 2 is 2.04 bits per heavy atom. The summed E-state index contributed by atoms with van der Waals surface area (Å²) in [6.07, 6.45) is 1.24. The largest absolute Gasteiger partial charge is 0.325 e. The zero-order chi connectivity index (χ0) is 18.0. The molecule has 1 aliphatic rings. The molecular weight excluding hydrogens is 356 g/mol. The van der Waals surface area contributed by atoms with Gasteiger partial charge in [0.2, 0.25) is 5.91 Å². The Morgan fingerprint density at radius 3 is 2.80 bits per heavy atom. The fourth-order valence-corrected chi connectivity index (χ4v) is 4.79. The van der Waals surface area contributed by atoms with Crippen molar-refractivity contribution in [3.8, 4) is 0 Å². The van der Waals surface area contributed by atoms with Gasteiger partial charge in [0.1, 0.15) is 0 Å². The zero-order valence-electron chi connectivity index (χ0n) is 14.1. The highest BCUT2D eigenvalue weighted by Crippen LogP contribution is 2.36. The van der Waals surface area contributed by atoms with Crippen LogP contribution in [0.2, 0.25) is 0 Å². The van der Waals surface area contributed by atoms with E-state index in [0.717, 1.165) is 16.9 Å². The average molecular weight is 377 g/mol. The molecule has 0 saturated carbocycles. The van der Waals surface area contributed by atoms with Crippen molar-refractivity contribution in [2.24, 2.45) is 0 Å². The molecule has 0 spiro atoms. The molecule has 132 valence electrons.